The third-order valence-corrected chi connectivity index (χ3v) is 2.33. The highest BCUT2D eigenvalue weighted by molar-refractivity contribution is 5.69. The van der Waals surface area contributed by atoms with Gasteiger partial charge in [-0.3, -0.25) is 9.78 Å². The summed E-state index contributed by atoms with van der Waals surface area (Å²) in [6, 6.07) is 4.11. The Bertz CT molecular complexity index is 335. The predicted molar refractivity (Wildman–Crippen MR) is 61.9 cm³/mol. The van der Waals surface area contributed by atoms with Crippen LogP contribution in [0.2, 0.25) is 0 Å². The van der Waals surface area contributed by atoms with Crippen molar-refractivity contribution in [3.05, 3.63) is 29.6 Å². The monoisotopic (exact) mass is 222 g/mol. The van der Waals surface area contributed by atoms with Crippen molar-refractivity contribution in [1.82, 2.24) is 10.3 Å². The van der Waals surface area contributed by atoms with E-state index in [9.17, 15) is 4.79 Å². The number of esters is 1. The number of nitrogens with one attached hydrogen (secondary N) is 1. The van der Waals surface area contributed by atoms with Gasteiger partial charge in [-0.25, -0.2) is 0 Å². The maximum absolute atomic E-state index is 11.0. The SMILES string of the molecule is COC(=O)CC(C)NCc1ccc(C)nc1. The average Bonchev–Trinajstić information content (AvgIpc) is 2.28. The molecule has 1 aromatic rings. The van der Waals surface area contributed by atoms with Gasteiger partial charge in [0, 0.05) is 24.5 Å². The van der Waals surface area contributed by atoms with Crippen LogP contribution in [-0.2, 0) is 16.1 Å². The molecular formula is C12H18N2O2. The largest absolute Gasteiger partial charge is 0.469 e. The number of hydrogen-bond acceptors (Lipinski definition) is 4. The normalized spacial score (nSPS) is 12.2. The van der Waals surface area contributed by atoms with Crippen molar-refractivity contribution >= 4 is 5.97 Å². The zero-order valence-electron chi connectivity index (χ0n) is 9.99. The van der Waals surface area contributed by atoms with E-state index in [-0.39, 0.29) is 12.0 Å². The lowest BCUT2D eigenvalue weighted by Gasteiger charge is -2.12. The minimum Gasteiger partial charge on any atom is -0.469 e. The molecule has 0 aliphatic heterocycles. The van der Waals surface area contributed by atoms with E-state index in [1.807, 2.05) is 32.2 Å². The van der Waals surface area contributed by atoms with Crippen molar-refractivity contribution in [2.75, 3.05) is 7.11 Å². The molecule has 0 aromatic carbocycles. The zero-order valence-corrected chi connectivity index (χ0v) is 9.99. The Kier molecular flexibility index (Phi) is 4.92. The fraction of sp³-hybridized carbons (Fsp3) is 0.500. The van der Waals surface area contributed by atoms with Crippen molar-refractivity contribution in [3.63, 3.8) is 0 Å². The van der Waals surface area contributed by atoms with Gasteiger partial charge >= 0.3 is 5.97 Å². The average molecular weight is 222 g/mol. The summed E-state index contributed by atoms with van der Waals surface area (Å²) in [7, 11) is 1.40. The molecule has 4 nitrogen and oxygen atoms in total. The minimum absolute atomic E-state index is 0.105. The highest BCUT2D eigenvalue weighted by Gasteiger charge is 2.08. The maximum Gasteiger partial charge on any atom is 0.307 e. The summed E-state index contributed by atoms with van der Waals surface area (Å²) in [5.74, 6) is -0.193. The number of pyridine rings is 1. The van der Waals surface area contributed by atoms with Crippen LogP contribution in [0.25, 0.3) is 0 Å². The van der Waals surface area contributed by atoms with Gasteiger partial charge in [0.25, 0.3) is 0 Å². The summed E-state index contributed by atoms with van der Waals surface area (Å²) in [6.07, 6.45) is 2.23. The van der Waals surface area contributed by atoms with E-state index >= 15 is 0 Å². The summed E-state index contributed by atoms with van der Waals surface area (Å²) >= 11 is 0. The standard InChI is InChI=1S/C12H18N2O2/c1-9-4-5-11(7-13-9)8-14-10(2)6-12(15)16-3/h4-5,7,10,14H,6,8H2,1-3H3. The molecule has 0 saturated heterocycles. The maximum atomic E-state index is 11.0. The highest BCUT2D eigenvalue weighted by atomic mass is 16.5. The summed E-state index contributed by atoms with van der Waals surface area (Å²) in [6.45, 7) is 4.63. The molecule has 0 amide bonds. The van der Waals surface area contributed by atoms with Crippen molar-refractivity contribution < 1.29 is 9.53 Å². The first-order valence-electron chi connectivity index (χ1n) is 5.33. The topological polar surface area (TPSA) is 51.2 Å². The molecule has 16 heavy (non-hydrogen) atoms. The molecule has 1 aromatic heterocycles. The van der Waals surface area contributed by atoms with Gasteiger partial charge in [-0.2, -0.15) is 0 Å². The van der Waals surface area contributed by atoms with E-state index in [0.717, 1.165) is 11.3 Å². The van der Waals surface area contributed by atoms with Crippen LogP contribution in [0.15, 0.2) is 18.3 Å². The third-order valence-electron chi connectivity index (χ3n) is 2.33. The lowest BCUT2D eigenvalue weighted by molar-refractivity contribution is -0.141. The van der Waals surface area contributed by atoms with E-state index in [2.05, 4.69) is 15.0 Å². The van der Waals surface area contributed by atoms with Crippen LogP contribution in [0.5, 0.6) is 0 Å². The summed E-state index contributed by atoms with van der Waals surface area (Å²) < 4.78 is 4.60. The lowest BCUT2D eigenvalue weighted by atomic mass is 10.2. The Morgan fingerprint density at radius 3 is 2.88 bits per heavy atom. The smallest absolute Gasteiger partial charge is 0.307 e. The Labute approximate surface area is 96.0 Å². The summed E-state index contributed by atoms with van der Waals surface area (Å²) in [5.41, 5.74) is 2.12. The van der Waals surface area contributed by atoms with Gasteiger partial charge in [0.2, 0.25) is 0 Å². The molecule has 88 valence electrons. The van der Waals surface area contributed by atoms with Crippen LogP contribution in [0, 0.1) is 6.92 Å². The molecule has 1 heterocycles. The van der Waals surface area contributed by atoms with Crippen LogP contribution in [0.4, 0.5) is 0 Å². The molecule has 0 radical (unpaired) electrons. The van der Waals surface area contributed by atoms with Crippen LogP contribution in [0.3, 0.4) is 0 Å². The first-order valence-corrected chi connectivity index (χ1v) is 5.33. The second-order valence-corrected chi connectivity index (χ2v) is 3.87. The molecule has 0 spiro atoms. The quantitative estimate of drug-likeness (QED) is 0.766. The van der Waals surface area contributed by atoms with Crippen LogP contribution in [0.1, 0.15) is 24.6 Å². The lowest BCUT2D eigenvalue weighted by Crippen LogP contribution is -2.28. The second kappa shape index (κ2) is 6.23. The van der Waals surface area contributed by atoms with Gasteiger partial charge in [0.1, 0.15) is 0 Å². The summed E-state index contributed by atoms with van der Waals surface area (Å²) in [4.78, 5) is 15.2. The highest BCUT2D eigenvalue weighted by Crippen LogP contribution is 2.00. The number of aromatic nitrogens is 1. The number of carbonyl (C=O) groups is 1. The Balaban J connectivity index is 2.34. The fourth-order valence-electron chi connectivity index (χ4n) is 1.30. The van der Waals surface area contributed by atoms with Gasteiger partial charge < -0.3 is 10.1 Å². The van der Waals surface area contributed by atoms with Gasteiger partial charge in [0.05, 0.1) is 13.5 Å². The van der Waals surface area contributed by atoms with Crippen molar-refractivity contribution in [3.8, 4) is 0 Å². The van der Waals surface area contributed by atoms with Gasteiger partial charge in [-0.05, 0) is 25.5 Å². The number of methoxy groups -OCH3 is 1. The number of carbonyl (C=O) groups excluding carboxylic acids is 1. The molecule has 1 unspecified atom stereocenters. The van der Waals surface area contributed by atoms with Crippen LogP contribution < -0.4 is 5.32 Å². The van der Waals surface area contributed by atoms with Crippen molar-refractivity contribution in [1.29, 1.82) is 0 Å². The summed E-state index contributed by atoms with van der Waals surface area (Å²) in [5, 5.41) is 3.24. The second-order valence-electron chi connectivity index (χ2n) is 3.87. The Morgan fingerprint density at radius 1 is 1.56 bits per heavy atom. The predicted octanol–water partition coefficient (Wildman–Crippen LogP) is 1.43. The molecule has 1 N–H and O–H groups in total. The first kappa shape index (κ1) is 12.6. The minimum atomic E-state index is -0.193. The van der Waals surface area contributed by atoms with E-state index in [0.29, 0.717) is 13.0 Å². The van der Waals surface area contributed by atoms with E-state index in [1.165, 1.54) is 7.11 Å². The van der Waals surface area contributed by atoms with Crippen molar-refractivity contribution in [2.24, 2.45) is 0 Å². The molecule has 0 fully saturated rings. The molecule has 0 bridgehead atoms. The first-order chi connectivity index (χ1) is 7.61. The van der Waals surface area contributed by atoms with Gasteiger partial charge in [-0.15, -0.1) is 0 Å². The number of ether oxygens (including phenoxy) is 1. The molecule has 0 aliphatic carbocycles. The van der Waals surface area contributed by atoms with Crippen molar-refractivity contribution in [2.45, 2.75) is 32.9 Å². The Morgan fingerprint density at radius 2 is 2.31 bits per heavy atom. The van der Waals surface area contributed by atoms with Gasteiger partial charge in [-0.1, -0.05) is 6.07 Å². The third kappa shape index (κ3) is 4.40. The van der Waals surface area contributed by atoms with Gasteiger partial charge in [0.15, 0.2) is 0 Å². The molecule has 4 heteroatoms. The number of aryl methyl sites for hydroxylation is 1. The molecule has 0 saturated carbocycles. The Hall–Kier alpha value is -1.42. The zero-order chi connectivity index (χ0) is 12.0. The number of nitrogens with zero attached hydrogens (tertiary/aromatic N) is 1. The van der Waals surface area contributed by atoms with Crippen LogP contribution >= 0.6 is 0 Å². The van der Waals surface area contributed by atoms with E-state index in [4.69, 9.17) is 0 Å². The molecule has 0 aliphatic rings. The molecule has 1 atom stereocenters. The fourth-order valence-corrected chi connectivity index (χ4v) is 1.30. The van der Waals surface area contributed by atoms with E-state index in [1.54, 1.807) is 0 Å². The number of hydrogen-bond donors (Lipinski definition) is 1. The molecule has 1 rings (SSSR count). The molecular weight excluding hydrogens is 204 g/mol. The number of rotatable bonds is 5. The van der Waals surface area contributed by atoms with E-state index < -0.39 is 0 Å². The van der Waals surface area contributed by atoms with Crippen LogP contribution in [-0.4, -0.2) is 24.1 Å².